The third kappa shape index (κ3) is 4.59. The molecule has 0 spiro atoms. The molecule has 2 aromatic carbocycles. The zero-order chi connectivity index (χ0) is 15.4. The number of carbonyl (C=O) groups excluding carboxylic acids is 1. The largest absolute Gasteiger partial charge is 0.374 e. The van der Waals surface area contributed by atoms with Crippen molar-refractivity contribution in [3.8, 4) is 0 Å². The van der Waals surface area contributed by atoms with Gasteiger partial charge in [0, 0.05) is 10.2 Å². The van der Waals surface area contributed by atoms with Gasteiger partial charge in [-0.1, -0.05) is 39.1 Å². The van der Waals surface area contributed by atoms with Crippen LogP contribution in [0, 0.1) is 5.82 Å². The second-order valence-corrected chi connectivity index (χ2v) is 5.88. The van der Waals surface area contributed by atoms with Crippen LogP contribution in [0.15, 0.2) is 40.9 Å². The van der Waals surface area contributed by atoms with Crippen molar-refractivity contribution in [1.29, 1.82) is 0 Å². The van der Waals surface area contributed by atoms with E-state index in [9.17, 15) is 9.18 Å². The van der Waals surface area contributed by atoms with Crippen LogP contribution in [0.25, 0.3) is 0 Å². The lowest BCUT2D eigenvalue weighted by molar-refractivity contribution is -0.114. The molecule has 0 bridgehead atoms. The number of hydrogen-bond acceptors (Lipinski definition) is 2. The molecule has 3 nitrogen and oxygen atoms in total. The summed E-state index contributed by atoms with van der Waals surface area (Å²) in [5, 5.41) is 5.74. The van der Waals surface area contributed by atoms with E-state index in [-0.39, 0.29) is 22.5 Å². The molecule has 21 heavy (non-hydrogen) atoms. The van der Waals surface area contributed by atoms with Gasteiger partial charge in [0.2, 0.25) is 5.91 Å². The van der Waals surface area contributed by atoms with E-state index in [4.69, 9.17) is 23.2 Å². The molecule has 0 fully saturated rings. The topological polar surface area (TPSA) is 41.1 Å². The third-order valence-corrected chi connectivity index (χ3v) is 3.69. The van der Waals surface area contributed by atoms with Crippen LogP contribution in [-0.4, -0.2) is 12.5 Å². The van der Waals surface area contributed by atoms with Crippen LogP contribution in [0.5, 0.6) is 0 Å². The average molecular weight is 392 g/mol. The molecule has 0 heterocycles. The van der Waals surface area contributed by atoms with Gasteiger partial charge in [0.25, 0.3) is 0 Å². The Kier molecular flexibility index (Phi) is 5.45. The molecule has 0 aliphatic carbocycles. The van der Waals surface area contributed by atoms with Gasteiger partial charge < -0.3 is 10.6 Å². The van der Waals surface area contributed by atoms with Gasteiger partial charge in [0.15, 0.2) is 0 Å². The number of rotatable bonds is 4. The first-order valence-electron chi connectivity index (χ1n) is 5.89. The number of anilines is 2. The van der Waals surface area contributed by atoms with Crippen LogP contribution >= 0.6 is 39.1 Å². The van der Waals surface area contributed by atoms with E-state index in [2.05, 4.69) is 26.6 Å². The van der Waals surface area contributed by atoms with Crippen LogP contribution in [0.3, 0.4) is 0 Å². The van der Waals surface area contributed by atoms with Crippen LogP contribution in [0.1, 0.15) is 0 Å². The van der Waals surface area contributed by atoms with E-state index in [0.717, 1.165) is 16.6 Å². The van der Waals surface area contributed by atoms with Crippen molar-refractivity contribution in [2.75, 3.05) is 17.2 Å². The molecule has 0 aliphatic heterocycles. The highest BCUT2D eigenvalue weighted by molar-refractivity contribution is 9.10. The van der Waals surface area contributed by atoms with Gasteiger partial charge in [-0.15, -0.1) is 0 Å². The summed E-state index contributed by atoms with van der Waals surface area (Å²) in [5.74, 6) is -0.802. The number of nitrogens with one attached hydrogen (secondary N) is 2. The number of carbonyl (C=O) groups is 1. The van der Waals surface area contributed by atoms with E-state index < -0.39 is 5.82 Å². The maximum atomic E-state index is 13.0. The van der Waals surface area contributed by atoms with Crippen LogP contribution in [0.4, 0.5) is 15.8 Å². The molecule has 2 rings (SSSR count). The predicted octanol–water partition coefficient (Wildman–Crippen LogP) is 4.95. The van der Waals surface area contributed by atoms with Crippen molar-refractivity contribution in [3.63, 3.8) is 0 Å². The van der Waals surface area contributed by atoms with Crippen molar-refractivity contribution in [2.45, 2.75) is 0 Å². The fourth-order valence-corrected chi connectivity index (χ4v) is 2.48. The normalized spacial score (nSPS) is 10.3. The van der Waals surface area contributed by atoms with E-state index in [1.54, 1.807) is 12.1 Å². The summed E-state index contributed by atoms with van der Waals surface area (Å²) in [6.07, 6.45) is 0. The molecule has 0 aromatic heterocycles. The Hall–Kier alpha value is -1.30. The van der Waals surface area contributed by atoms with Crippen LogP contribution in [-0.2, 0) is 4.79 Å². The van der Waals surface area contributed by atoms with Gasteiger partial charge in [0.05, 0.1) is 22.3 Å². The quantitative estimate of drug-likeness (QED) is 0.774. The summed E-state index contributed by atoms with van der Waals surface area (Å²) in [5.41, 5.74) is 0.993. The van der Waals surface area contributed by atoms with Gasteiger partial charge >= 0.3 is 0 Å². The van der Waals surface area contributed by atoms with E-state index in [1.807, 2.05) is 12.1 Å². The molecule has 0 saturated carbocycles. The lowest BCUT2D eigenvalue weighted by Crippen LogP contribution is -2.22. The van der Waals surface area contributed by atoms with Gasteiger partial charge in [-0.3, -0.25) is 4.79 Å². The van der Waals surface area contributed by atoms with Gasteiger partial charge in [-0.05, 0) is 36.4 Å². The summed E-state index contributed by atoms with van der Waals surface area (Å²) >= 11 is 15.1. The summed E-state index contributed by atoms with van der Waals surface area (Å²) in [6.45, 7) is -0.0405. The van der Waals surface area contributed by atoms with Crippen molar-refractivity contribution < 1.29 is 9.18 Å². The van der Waals surface area contributed by atoms with Crippen LogP contribution in [0.2, 0.25) is 10.0 Å². The first-order valence-corrected chi connectivity index (χ1v) is 7.44. The SMILES string of the molecule is O=C(CNc1c(Cl)cc(F)cc1Cl)Nc1ccc(Br)cc1. The number of halogens is 4. The first-order chi connectivity index (χ1) is 9.95. The molecular weight excluding hydrogens is 382 g/mol. The molecule has 0 unspecified atom stereocenters. The van der Waals surface area contributed by atoms with Gasteiger partial charge in [-0.25, -0.2) is 4.39 Å². The van der Waals surface area contributed by atoms with E-state index >= 15 is 0 Å². The number of amides is 1. The van der Waals surface area contributed by atoms with Gasteiger partial charge in [-0.2, -0.15) is 0 Å². The summed E-state index contributed by atoms with van der Waals surface area (Å²) in [4.78, 5) is 11.8. The molecule has 0 saturated heterocycles. The van der Waals surface area contributed by atoms with E-state index in [1.165, 1.54) is 0 Å². The lowest BCUT2D eigenvalue weighted by Gasteiger charge is -2.11. The molecule has 0 atom stereocenters. The van der Waals surface area contributed by atoms with Crippen molar-refractivity contribution in [1.82, 2.24) is 0 Å². The Morgan fingerprint density at radius 1 is 1.14 bits per heavy atom. The molecule has 1 amide bonds. The van der Waals surface area contributed by atoms with Crippen molar-refractivity contribution >= 4 is 56.4 Å². The lowest BCUT2D eigenvalue weighted by atomic mass is 10.3. The van der Waals surface area contributed by atoms with Gasteiger partial charge in [0.1, 0.15) is 5.82 Å². The zero-order valence-electron chi connectivity index (χ0n) is 10.6. The number of hydrogen-bond donors (Lipinski definition) is 2. The second kappa shape index (κ2) is 7.11. The van der Waals surface area contributed by atoms with Crippen molar-refractivity contribution in [3.05, 3.63) is 56.7 Å². The zero-order valence-corrected chi connectivity index (χ0v) is 13.7. The first kappa shape index (κ1) is 16.1. The minimum atomic E-state index is -0.533. The van der Waals surface area contributed by atoms with Crippen molar-refractivity contribution in [2.24, 2.45) is 0 Å². The predicted molar refractivity (Wildman–Crippen MR) is 87.7 cm³/mol. The maximum absolute atomic E-state index is 13.0. The fourth-order valence-electron chi connectivity index (χ4n) is 1.62. The monoisotopic (exact) mass is 390 g/mol. The standard InChI is InChI=1S/C14H10BrCl2FN2O/c15-8-1-3-10(4-2-8)20-13(21)7-19-14-11(16)5-9(18)6-12(14)17/h1-6,19H,7H2,(H,20,21). The minimum Gasteiger partial charge on any atom is -0.374 e. The minimum absolute atomic E-state index is 0.0405. The molecule has 2 N–H and O–H groups in total. The Balaban J connectivity index is 1.97. The van der Waals surface area contributed by atoms with E-state index in [0.29, 0.717) is 11.4 Å². The Bertz CT molecular complexity index is 642. The molecule has 2 aromatic rings. The van der Waals surface area contributed by atoms with Crippen LogP contribution < -0.4 is 10.6 Å². The molecule has 110 valence electrons. The fraction of sp³-hybridized carbons (Fsp3) is 0.0714. The molecule has 0 aliphatic rings. The smallest absolute Gasteiger partial charge is 0.243 e. The Morgan fingerprint density at radius 3 is 2.29 bits per heavy atom. The summed E-state index contributed by atoms with van der Waals surface area (Å²) in [7, 11) is 0. The number of benzene rings is 2. The molecule has 7 heteroatoms. The maximum Gasteiger partial charge on any atom is 0.243 e. The molecule has 0 radical (unpaired) electrons. The second-order valence-electron chi connectivity index (χ2n) is 4.15. The summed E-state index contributed by atoms with van der Waals surface area (Å²) < 4.78 is 14.0. The highest BCUT2D eigenvalue weighted by atomic mass is 79.9. The Morgan fingerprint density at radius 2 is 1.71 bits per heavy atom. The highest BCUT2D eigenvalue weighted by Crippen LogP contribution is 2.31. The average Bonchev–Trinajstić information content (AvgIpc) is 2.40. The molecular formula is C14H10BrCl2FN2O. The highest BCUT2D eigenvalue weighted by Gasteiger charge is 2.10. The summed E-state index contributed by atoms with van der Waals surface area (Å²) in [6, 6.07) is 9.41. The Labute approximate surface area is 139 Å². The third-order valence-electron chi connectivity index (χ3n) is 2.56.